The number of ether oxygens (including phenoxy) is 4. The fraction of sp³-hybridized carbons (Fsp3) is 0.955. The summed E-state index contributed by atoms with van der Waals surface area (Å²) in [6.45, 7) is 9.66. The van der Waals surface area contributed by atoms with Crippen LogP contribution < -0.4 is 0 Å². The second-order valence-electron chi connectivity index (χ2n) is 32.4. The number of phosphoric ester groups is 2. The fourth-order valence-corrected chi connectivity index (χ4v) is 15.3. The van der Waals surface area contributed by atoms with E-state index < -0.39 is 97.5 Å². The van der Waals surface area contributed by atoms with Gasteiger partial charge in [-0.05, 0) is 37.5 Å². The van der Waals surface area contributed by atoms with Crippen LogP contribution in [0.15, 0.2) is 0 Å². The van der Waals surface area contributed by atoms with Crippen molar-refractivity contribution in [2.45, 2.75) is 490 Å². The Morgan fingerprint density at radius 1 is 0.271 bits per heavy atom. The second kappa shape index (κ2) is 79.3. The molecule has 0 spiro atoms. The Labute approximate surface area is 658 Å². The van der Waals surface area contributed by atoms with Gasteiger partial charge in [0, 0.05) is 25.7 Å². The second-order valence-corrected chi connectivity index (χ2v) is 35.3. The third-order valence-electron chi connectivity index (χ3n) is 21.1. The average Bonchev–Trinajstić information content (AvgIpc) is 0.904. The van der Waals surface area contributed by atoms with Gasteiger partial charge in [0.05, 0.1) is 26.4 Å². The zero-order valence-electron chi connectivity index (χ0n) is 70.5. The van der Waals surface area contributed by atoms with Gasteiger partial charge in [0.15, 0.2) is 12.2 Å². The maximum absolute atomic E-state index is 13.2. The zero-order chi connectivity index (χ0) is 78.5. The highest BCUT2D eigenvalue weighted by atomic mass is 31.2. The van der Waals surface area contributed by atoms with Crippen molar-refractivity contribution in [2.24, 2.45) is 11.8 Å². The molecular formula is C88H172O17P2. The Morgan fingerprint density at radius 3 is 0.710 bits per heavy atom. The van der Waals surface area contributed by atoms with Gasteiger partial charge >= 0.3 is 39.5 Å². The molecule has 0 aromatic heterocycles. The van der Waals surface area contributed by atoms with Gasteiger partial charge in [0.25, 0.3) is 0 Å². The van der Waals surface area contributed by atoms with Crippen molar-refractivity contribution in [3.63, 3.8) is 0 Å². The molecule has 0 fully saturated rings. The number of carbonyl (C=O) groups excluding carboxylic acids is 4. The van der Waals surface area contributed by atoms with Crippen LogP contribution in [0.25, 0.3) is 0 Å². The van der Waals surface area contributed by atoms with Gasteiger partial charge in [-0.3, -0.25) is 37.3 Å². The summed E-state index contributed by atoms with van der Waals surface area (Å²) >= 11 is 0. The predicted molar refractivity (Wildman–Crippen MR) is 442 cm³/mol. The Hall–Kier alpha value is -1.94. The molecule has 0 saturated heterocycles. The van der Waals surface area contributed by atoms with Gasteiger partial charge in [-0.15, -0.1) is 0 Å². The molecule has 0 radical (unpaired) electrons. The highest BCUT2D eigenvalue weighted by Crippen LogP contribution is 2.45. The van der Waals surface area contributed by atoms with Crippen LogP contribution >= 0.6 is 15.6 Å². The molecule has 0 rings (SSSR count). The lowest BCUT2D eigenvalue weighted by molar-refractivity contribution is -0.161. The third-order valence-corrected chi connectivity index (χ3v) is 23.0. The van der Waals surface area contributed by atoms with E-state index in [9.17, 15) is 43.2 Å². The van der Waals surface area contributed by atoms with Crippen LogP contribution in [0.2, 0.25) is 0 Å². The van der Waals surface area contributed by atoms with E-state index in [1.807, 2.05) is 0 Å². The Kier molecular flexibility index (Phi) is 77.9. The van der Waals surface area contributed by atoms with Crippen molar-refractivity contribution >= 4 is 39.5 Å². The van der Waals surface area contributed by atoms with Gasteiger partial charge in [0.1, 0.15) is 19.3 Å². The molecule has 0 aliphatic carbocycles. The van der Waals surface area contributed by atoms with Gasteiger partial charge < -0.3 is 33.8 Å². The summed E-state index contributed by atoms with van der Waals surface area (Å²) in [7, 11) is -9.93. The van der Waals surface area contributed by atoms with Crippen molar-refractivity contribution < 1.29 is 80.2 Å². The first kappa shape index (κ1) is 105. The monoisotopic (exact) mass is 1560 g/mol. The molecule has 19 heteroatoms. The van der Waals surface area contributed by atoms with Crippen LogP contribution in [0.4, 0.5) is 0 Å². The van der Waals surface area contributed by atoms with E-state index in [0.717, 1.165) is 102 Å². The minimum absolute atomic E-state index is 0.106. The molecule has 0 aliphatic rings. The van der Waals surface area contributed by atoms with E-state index in [2.05, 4.69) is 41.5 Å². The molecule has 17 nitrogen and oxygen atoms in total. The number of hydrogen-bond acceptors (Lipinski definition) is 15. The number of aliphatic hydroxyl groups excluding tert-OH is 1. The largest absolute Gasteiger partial charge is 0.472 e. The van der Waals surface area contributed by atoms with Gasteiger partial charge in [-0.25, -0.2) is 9.13 Å². The lowest BCUT2D eigenvalue weighted by Crippen LogP contribution is -2.30. The molecule has 6 atom stereocenters. The third kappa shape index (κ3) is 80.5. The predicted octanol–water partition coefficient (Wildman–Crippen LogP) is 27.0. The lowest BCUT2D eigenvalue weighted by Gasteiger charge is -2.21. The minimum Gasteiger partial charge on any atom is -0.462 e. The molecule has 0 heterocycles. The number of carbonyl (C=O) groups is 4. The minimum atomic E-state index is -4.97. The van der Waals surface area contributed by atoms with Crippen molar-refractivity contribution in [2.75, 3.05) is 39.6 Å². The normalized spacial score (nSPS) is 14.0. The maximum atomic E-state index is 13.2. The number of unbranched alkanes of at least 4 members (excludes halogenated alkanes) is 56. The summed E-state index contributed by atoms with van der Waals surface area (Å²) in [6.07, 6.45) is 72.4. The first-order valence-electron chi connectivity index (χ1n) is 45.5. The van der Waals surface area contributed by atoms with E-state index in [1.54, 1.807) is 0 Å². The quantitative estimate of drug-likeness (QED) is 0.0222. The maximum Gasteiger partial charge on any atom is 0.472 e. The van der Waals surface area contributed by atoms with E-state index in [4.69, 9.17) is 37.0 Å². The Balaban J connectivity index is 5.23. The smallest absolute Gasteiger partial charge is 0.462 e. The van der Waals surface area contributed by atoms with Crippen molar-refractivity contribution in [3.05, 3.63) is 0 Å². The molecule has 0 aromatic carbocycles. The summed E-state index contributed by atoms with van der Waals surface area (Å²) in [5, 5.41) is 10.7. The molecule has 3 unspecified atom stereocenters. The van der Waals surface area contributed by atoms with Crippen LogP contribution in [0.5, 0.6) is 0 Å². The molecule has 636 valence electrons. The van der Waals surface area contributed by atoms with E-state index in [0.29, 0.717) is 25.7 Å². The zero-order valence-corrected chi connectivity index (χ0v) is 72.2. The summed E-state index contributed by atoms with van der Waals surface area (Å²) in [6, 6.07) is 0. The fourth-order valence-electron chi connectivity index (χ4n) is 13.7. The van der Waals surface area contributed by atoms with Gasteiger partial charge in [-0.1, -0.05) is 420 Å². The molecular weight excluding hydrogens is 1390 g/mol. The van der Waals surface area contributed by atoms with Crippen molar-refractivity contribution in [1.29, 1.82) is 0 Å². The molecule has 107 heavy (non-hydrogen) atoms. The molecule has 0 bridgehead atoms. The van der Waals surface area contributed by atoms with Gasteiger partial charge in [0.2, 0.25) is 0 Å². The first-order chi connectivity index (χ1) is 51.9. The number of esters is 4. The standard InChI is InChI=1S/C88H172O17P2/c1-7-10-12-14-16-18-20-22-24-26-28-30-31-33-35-37-39-41-46-54-60-66-72-87(92)104-83(76-98-85(90)70-64-58-52-45-40-38-36-34-32-29-27-25-23-21-19-17-15-13-11-8-2)78-102-106(94,95)100-74-82(89)75-101-107(96,97)103-79-84(77-99-86(91)71-65-59-53-49-48-51-57-63-69-81(6)9-3)105-88(93)73-67-61-55-47-43-42-44-50-56-62-68-80(4)5/h80-84,89H,7-79H2,1-6H3,(H,94,95)(H,96,97)/t81?,82-,83-,84-/m1/s1. The summed E-state index contributed by atoms with van der Waals surface area (Å²) in [4.78, 5) is 73.3. The van der Waals surface area contributed by atoms with Crippen molar-refractivity contribution in [3.8, 4) is 0 Å². The average molecular weight is 1560 g/mol. The number of phosphoric acid groups is 2. The van der Waals surface area contributed by atoms with Crippen LogP contribution in [0.1, 0.15) is 472 Å². The summed E-state index contributed by atoms with van der Waals surface area (Å²) < 4.78 is 68.9. The Morgan fingerprint density at radius 2 is 0.477 bits per heavy atom. The Bertz CT molecular complexity index is 2050. The lowest BCUT2D eigenvalue weighted by atomic mass is 9.99. The van der Waals surface area contributed by atoms with E-state index >= 15 is 0 Å². The molecule has 0 aromatic rings. The number of rotatable bonds is 87. The van der Waals surface area contributed by atoms with Gasteiger partial charge in [-0.2, -0.15) is 0 Å². The number of hydrogen-bond donors (Lipinski definition) is 3. The van der Waals surface area contributed by atoms with E-state index in [1.165, 1.54) is 289 Å². The topological polar surface area (TPSA) is 237 Å². The molecule has 3 N–H and O–H groups in total. The highest BCUT2D eigenvalue weighted by Gasteiger charge is 2.31. The van der Waals surface area contributed by atoms with Crippen LogP contribution in [-0.4, -0.2) is 96.7 Å². The van der Waals surface area contributed by atoms with E-state index in [-0.39, 0.29) is 25.7 Å². The van der Waals surface area contributed by atoms with Crippen LogP contribution in [0.3, 0.4) is 0 Å². The SMILES string of the molecule is CCCCCCCCCCCCCCCCCCCCCCCCC(=O)O[C@H](COC(=O)CCCCCCCCCCCCCCCCCCCCCC)COP(=O)(O)OC[C@@H](O)COP(=O)(O)OC[C@@H](COC(=O)CCCCCCCCCCC(C)CC)OC(=O)CCCCCCCCCCCCC(C)C. The molecule has 0 aliphatic heterocycles. The molecule has 0 amide bonds. The summed E-state index contributed by atoms with van der Waals surface area (Å²) in [5.41, 5.74) is 0. The van der Waals surface area contributed by atoms with Crippen LogP contribution in [-0.2, 0) is 65.4 Å². The van der Waals surface area contributed by atoms with Crippen molar-refractivity contribution in [1.82, 2.24) is 0 Å². The first-order valence-corrected chi connectivity index (χ1v) is 48.5. The highest BCUT2D eigenvalue weighted by molar-refractivity contribution is 7.47. The van der Waals surface area contributed by atoms with Crippen LogP contribution in [0, 0.1) is 11.8 Å². The molecule has 0 saturated carbocycles. The number of aliphatic hydroxyl groups is 1. The summed E-state index contributed by atoms with van der Waals surface area (Å²) in [5.74, 6) is -0.573.